The van der Waals surface area contributed by atoms with Gasteiger partial charge in [0.1, 0.15) is 5.82 Å². The molecule has 1 heterocycles. The van der Waals surface area contributed by atoms with Gasteiger partial charge in [0.15, 0.2) is 0 Å². The third-order valence-corrected chi connectivity index (χ3v) is 7.23. The summed E-state index contributed by atoms with van der Waals surface area (Å²) in [6.07, 6.45) is 5.22. The van der Waals surface area contributed by atoms with Crippen molar-refractivity contribution in [3.8, 4) is 0 Å². The summed E-state index contributed by atoms with van der Waals surface area (Å²) in [6.45, 7) is 4.23. The molecule has 1 aliphatic carbocycles. The molecule has 9 nitrogen and oxygen atoms in total. The van der Waals surface area contributed by atoms with Crippen molar-refractivity contribution in [2.45, 2.75) is 38.6 Å². The van der Waals surface area contributed by atoms with Gasteiger partial charge in [-0.2, -0.15) is 0 Å². The van der Waals surface area contributed by atoms with Crippen molar-refractivity contribution >= 4 is 23.3 Å². The van der Waals surface area contributed by atoms with Gasteiger partial charge in [-0.3, -0.25) is 19.8 Å². The van der Waals surface area contributed by atoms with Crippen LogP contribution in [0.3, 0.4) is 0 Å². The largest absolute Gasteiger partial charge is 0.337 e. The highest BCUT2D eigenvalue weighted by Crippen LogP contribution is 2.26. The number of rotatable bonds is 8. The van der Waals surface area contributed by atoms with Gasteiger partial charge in [-0.05, 0) is 42.7 Å². The number of benzene rings is 2. The number of nitro groups is 1. The van der Waals surface area contributed by atoms with E-state index >= 15 is 0 Å². The maximum Gasteiger partial charge on any atom is 0.321 e. The predicted molar refractivity (Wildman–Crippen MR) is 139 cm³/mol. The van der Waals surface area contributed by atoms with Crippen molar-refractivity contribution in [3.05, 3.63) is 70.0 Å². The van der Waals surface area contributed by atoms with Crippen LogP contribution < -0.4 is 5.32 Å². The zero-order valence-electron chi connectivity index (χ0n) is 21.0. The molecule has 198 valence electrons. The number of nitrogens with zero attached hydrogens (tertiary/aromatic N) is 4. The van der Waals surface area contributed by atoms with Crippen molar-refractivity contribution in [1.29, 1.82) is 0 Å². The highest BCUT2D eigenvalue weighted by atomic mass is 19.1. The molecule has 0 aromatic heterocycles. The molecule has 1 saturated heterocycles. The minimum absolute atomic E-state index is 0.0259. The third kappa shape index (κ3) is 7.48. The van der Waals surface area contributed by atoms with Gasteiger partial charge in [0, 0.05) is 69.6 Å². The van der Waals surface area contributed by atoms with Gasteiger partial charge in [-0.15, -0.1) is 0 Å². The molecule has 1 N–H and O–H groups in total. The number of carbonyl (C=O) groups excluding carboxylic acids is 2. The number of nitrogens with one attached hydrogen (secondary N) is 1. The SMILES string of the molecule is O=C(Nc1ccc([N+](=O)[O-])cc1)N1CCN(CCN(Cc2ccc(F)cc2)C(=O)C2CCCCC2)CC1. The lowest BCUT2D eigenvalue weighted by Crippen LogP contribution is -2.51. The first kappa shape index (κ1) is 26.5. The van der Waals surface area contributed by atoms with Gasteiger partial charge in [0.25, 0.3) is 5.69 Å². The fourth-order valence-electron chi connectivity index (χ4n) is 4.99. The summed E-state index contributed by atoms with van der Waals surface area (Å²) < 4.78 is 13.4. The third-order valence-electron chi connectivity index (χ3n) is 7.23. The lowest BCUT2D eigenvalue weighted by molar-refractivity contribution is -0.384. The van der Waals surface area contributed by atoms with Crippen LogP contribution in [0.1, 0.15) is 37.7 Å². The van der Waals surface area contributed by atoms with Crippen LogP contribution in [0, 0.1) is 21.8 Å². The molecule has 10 heteroatoms. The number of halogens is 1. The monoisotopic (exact) mass is 511 g/mol. The Morgan fingerprint density at radius 1 is 0.973 bits per heavy atom. The van der Waals surface area contributed by atoms with Crippen LogP contribution in [0.4, 0.5) is 20.6 Å². The minimum atomic E-state index is -0.478. The molecule has 1 saturated carbocycles. The van der Waals surface area contributed by atoms with Gasteiger partial charge < -0.3 is 15.1 Å². The Morgan fingerprint density at radius 2 is 1.62 bits per heavy atom. The van der Waals surface area contributed by atoms with Crippen LogP contribution in [-0.2, 0) is 11.3 Å². The number of urea groups is 1. The number of amides is 3. The van der Waals surface area contributed by atoms with E-state index in [1.807, 2.05) is 4.90 Å². The van der Waals surface area contributed by atoms with E-state index in [4.69, 9.17) is 0 Å². The molecule has 2 aromatic rings. The maximum atomic E-state index is 13.4. The zero-order chi connectivity index (χ0) is 26.2. The number of non-ortho nitro benzene ring substituents is 1. The summed E-state index contributed by atoms with van der Waals surface area (Å²) >= 11 is 0. The second-order valence-electron chi connectivity index (χ2n) is 9.78. The van der Waals surface area contributed by atoms with Crippen LogP contribution >= 0.6 is 0 Å². The highest BCUT2D eigenvalue weighted by Gasteiger charge is 2.27. The summed E-state index contributed by atoms with van der Waals surface area (Å²) in [5, 5.41) is 13.6. The summed E-state index contributed by atoms with van der Waals surface area (Å²) in [5.74, 6) is -0.0382. The predicted octanol–water partition coefficient (Wildman–Crippen LogP) is 4.49. The number of piperazine rings is 1. The fraction of sp³-hybridized carbons (Fsp3) is 0.481. The molecule has 4 rings (SSSR count). The second kappa shape index (κ2) is 12.6. The molecule has 2 aliphatic rings. The van der Waals surface area contributed by atoms with Crippen molar-refractivity contribution < 1.29 is 18.9 Å². The number of hydrogen-bond donors (Lipinski definition) is 1. The molecule has 0 unspecified atom stereocenters. The Bertz CT molecular complexity index is 1070. The van der Waals surface area contributed by atoms with E-state index < -0.39 is 4.92 Å². The number of hydrogen-bond acceptors (Lipinski definition) is 5. The second-order valence-corrected chi connectivity index (χ2v) is 9.78. The summed E-state index contributed by atoms with van der Waals surface area (Å²) in [7, 11) is 0. The number of nitro benzene ring substituents is 1. The molecule has 1 aliphatic heterocycles. The zero-order valence-corrected chi connectivity index (χ0v) is 21.0. The molecular formula is C27H34FN5O4. The number of carbonyl (C=O) groups is 2. The van der Waals surface area contributed by atoms with E-state index in [0.29, 0.717) is 51.5 Å². The van der Waals surface area contributed by atoms with Crippen molar-refractivity contribution in [2.75, 3.05) is 44.6 Å². The van der Waals surface area contributed by atoms with Crippen molar-refractivity contribution in [1.82, 2.24) is 14.7 Å². The van der Waals surface area contributed by atoms with Crippen LogP contribution in [0.15, 0.2) is 48.5 Å². The van der Waals surface area contributed by atoms with Crippen LogP contribution in [0.5, 0.6) is 0 Å². The molecule has 0 spiro atoms. The number of anilines is 1. The summed E-state index contributed by atoms with van der Waals surface area (Å²) in [5.41, 5.74) is 1.40. The van der Waals surface area contributed by atoms with Gasteiger partial charge in [0.05, 0.1) is 4.92 Å². The van der Waals surface area contributed by atoms with E-state index in [9.17, 15) is 24.1 Å². The van der Waals surface area contributed by atoms with Gasteiger partial charge in [-0.25, -0.2) is 9.18 Å². The van der Waals surface area contributed by atoms with Crippen molar-refractivity contribution in [3.63, 3.8) is 0 Å². The van der Waals surface area contributed by atoms with E-state index in [2.05, 4.69) is 10.2 Å². The molecule has 0 radical (unpaired) electrons. The van der Waals surface area contributed by atoms with Crippen LogP contribution in [0.2, 0.25) is 0 Å². The molecule has 2 aromatic carbocycles. The fourth-order valence-corrected chi connectivity index (χ4v) is 4.99. The lowest BCUT2D eigenvalue weighted by Gasteiger charge is -2.36. The standard InChI is InChI=1S/C27H34FN5O4/c28-23-8-6-21(7-9-23)20-32(26(34)22-4-2-1-3-5-22)19-16-30-14-17-31(18-15-30)27(35)29-24-10-12-25(13-11-24)33(36)37/h6-13,22H,1-5,14-20H2,(H,29,35). The van der Waals surface area contributed by atoms with Crippen molar-refractivity contribution in [2.24, 2.45) is 5.92 Å². The van der Waals surface area contributed by atoms with E-state index in [1.54, 1.807) is 17.0 Å². The Balaban J connectivity index is 1.28. The molecule has 37 heavy (non-hydrogen) atoms. The first-order valence-corrected chi connectivity index (χ1v) is 12.9. The first-order chi connectivity index (χ1) is 17.9. The first-order valence-electron chi connectivity index (χ1n) is 12.9. The molecular weight excluding hydrogens is 477 g/mol. The Kier molecular flexibility index (Phi) is 9.05. The molecule has 3 amide bonds. The van der Waals surface area contributed by atoms with Crippen LogP contribution in [0.25, 0.3) is 0 Å². The van der Waals surface area contributed by atoms with E-state index in [-0.39, 0.29) is 29.4 Å². The Hall–Kier alpha value is -3.53. The maximum absolute atomic E-state index is 13.4. The van der Waals surface area contributed by atoms with Gasteiger partial charge in [-0.1, -0.05) is 31.4 Å². The average Bonchev–Trinajstić information content (AvgIpc) is 2.92. The molecule has 0 atom stereocenters. The smallest absolute Gasteiger partial charge is 0.321 e. The van der Waals surface area contributed by atoms with Crippen LogP contribution in [-0.4, -0.2) is 70.8 Å². The molecule has 2 fully saturated rings. The minimum Gasteiger partial charge on any atom is -0.337 e. The Labute approximate surface area is 216 Å². The highest BCUT2D eigenvalue weighted by molar-refractivity contribution is 5.89. The Morgan fingerprint density at radius 3 is 2.24 bits per heavy atom. The van der Waals surface area contributed by atoms with E-state index in [0.717, 1.165) is 31.2 Å². The topological polar surface area (TPSA) is 99.0 Å². The van der Waals surface area contributed by atoms with Gasteiger partial charge in [0.2, 0.25) is 5.91 Å². The average molecular weight is 512 g/mol. The lowest BCUT2D eigenvalue weighted by atomic mass is 9.88. The van der Waals surface area contributed by atoms with Gasteiger partial charge >= 0.3 is 6.03 Å². The molecule has 0 bridgehead atoms. The summed E-state index contributed by atoms with van der Waals surface area (Å²) in [6, 6.07) is 11.9. The summed E-state index contributed by atoms with van der Waals surface area (Å²) in [4.78, 5) is 42.2. The quantitative estimate of drug-likeness (QED) is 0.416. The van der Waals surface area contributed by atoms with E-state index in [1.165, 1.54) is 42.8 Å². The normalized spacial score (nSPS) is 16.8.